The Bertz CT molecular complexity index is 1910. The smallest absolute Gasteiger partial charge is 0.214 e. The third-order valence-electron chi connectivity index (χ3n) is 9.99. The van der Waals surface area contributed by atoms with E-state index in [9.17, 15) is 39.1 Å². The van der Waals surface area contributed by atoms with E-state index in [0.717, 1.165) is 34.2 Å². The van der Waals surface area contributed by atoms with Crippen LogP contribution in [-0.4, -0.2) is 63.4 Å². The van der Waals surface area contributed by atoms with Crippen LogP contribution in [0.3, 0.4) is 0 Å². The lowest BCUT2D eigenvalue weighted by atomic mass is 9.96. The van der Waals surface area contributed by atoms with Gasteiger partial charge in [0.2, 0.25) is 6.41 Å². The van der Waals surface area contributed by atoms with Crippen molar-refractivity contribution in [1.82, 2.24) is 5.32 Å². The fourth-order valence-electron chi connectivity index (χ4n) is 6.47. The second kappa shape index (κ2) is 20.8. The highest BCUT2D eigenvalue weighted by atomic mass is 19.1. The van der Waals surface area contributed by atoms with Gasteiger partial charge in [-0.05, 0) is 101 Å². The maximum Gasteiger partial charge on any atom is 0.214 e. The van der Waals surface area contributed by atoms with Crippen molar-refractivity contribution in [2.75, 3.05) is 18.1 Å². The van der Waals surface area contributed by atoms with Crippen molar-refractivity contribution in [3.05, 3.63) is 155 Å². The number of carbonyl (C=O) groups is 1. The molecule has 0 saturated heterocycles. The minimum Gasteiger partial charge on any atom is -0.489 e. The van der Waals surface area contributed by atoms with Crippen molar-refractivity contribution in [3.8, 4) is 16.9 Å². The molecule has 0 fully saturated rings. The average molecular weight is 769 g/mol. The largest absolute Gasteiger partial charge is 0.489 e. The van der Waals surface area contributed by atoms with Gasteiger partial charge in [0.05, 0.1) is 24.4 Å². The first-order chi connectivity index (χ1) is 27.1. The molecule has 1 amide bonds. The highest BCUT2D eigenvalue weighted by molar-refractivity contribution is 5.76. The maximum atomic E-state index is 13.7. The number of rotatable bonds is 21. The van der Waals surface area contributed by atoms with Crippen LogP contribution in [0.1, 0.15) is 60.6 Å². The lowest BCUT2D eigenvalue weighted by Gasteiger charge is -2.29. The zero-order valence-corrected chi connectivity index (χ0v) is 31.3. The summed E-state index contributed by atoms with van der Waals surface area (Å²) in [6, 6.07) is 34.6. The number of anilines is 1. The number of carbonyl (C=O) groups excluding carboxylic acids is 1. The molecule has 0 saturated carbocycles. The molecule has 0 radical (unpaired) electrons. The van der Waals surface area contributed by atoms with Crippen LogP contribution in [0.5, 0.6) is 5.75 Å². The van der Waals surface area contributed by atoms with Crippen molar-refractivity contribution in [3.63, 3.8) is 0 Å². The van der Waals surface area contributed by atoms with E-state index in [1.807, 2.05) is 72.8 Å². The summed E-state index contributed by atoms with van der Waals surface area (Å²) in [6.07, 6.45) is -2.37. The Balaban J connectivity index is 1.15. The van der Waals surface area contributed by atoms with Crippen molar-refractivity contribution in [2.24, 2.45) is 5.92 Å². The molecule has 0 aromatic heterocycles. The van der Waals surface area contributed by atoms with Gasteiger partial charge in [-0.15, -0.1) is 0 Å². The Morgan fingerprint density at radius 2 is 1.25 bits per heavy atom. The van der Waals surface area contributed by atoms with E-state index in [0.29, 0.717) is 49.4 Å². The van der Waals surface area contributed by atoms with Gasteiger partial charge in [0.1, 0.15) is 30.1 Å². The van der Waals surface area contributed by atoms with Crippen LogP contribution in [0.25, 0.3) is 11.1 Å². The van der Waals surface area contributed by atoms with Crippen LogP contribution in [0.4, 0.5) is 14.5 Å². The lowest BCUT2D eigenvalue weighted by Crippen LogP contribution is -2.46. The number of nitrogens with zero attached hydrogens (tertiary/aromatic N) is 1. The zero-order valence-electron chi connectivity index (χ0n) is 31.3. The second-order valence-corrected chi connectivity index (χ2v) is 14.1. The summed E-state index contributed by atoms with van der Waals surface area (Å²) < 4.78 is 33.2. The van der Waals surface area contributed by atoms with E-state index >= 15 is 0 Å². The fraction of sp³-hybridized carbons (Fsp3) is 0.311. The minimum atomic E-state index is -1.37. The van der Waals surface area contributed by atoms with Gasteiger partial charge < -0.3 is 40.5 Å². The van der Waals surface area contributed by atoms with Crippen molar-refractivity contribution >= 4 is 12.1 Å². The van der Waals surface area contributed by atoms with Crippen LogP contribution in [0, 0.1) is 17.6 Å². The molecule has 6 N–H and O–H groups in total. The predicted molar refractivity (Wildman–Crippen MR) is 212 cm³/mol. The third-order valence-corrected chi connectivity index (χ3v) is 9.99. The Labute approximate surface area is 326 Å². The topological polar surface area (TPSA) is 143 Å². The average Bonchev–Trinajstić information content (AvgIpc) is 3.23. The molecule has 6 unspecified atom stereocenters. The number of hydrogen-bond acceptors (Lipinski definition) is 8. The molecule has 0 heterocycles. The normalized spacial score (nSPS) is 14.6. The molecule has 9 nitrogen and oxygen atoms in total. The van der Waals surface area contributed by atoms with Gasteiger partial charge in [0.15, 0.2) is 0 Å². The van der Waals surface area contributed by atoms with E-state index in [2.05, 4.69) is 5.32 Å². The molecule has 296 valence electrons. The molecule has 5 aromatic rings. The number of benzene rings is 5. The van der Waals surface area contributed by atoms with Crippen molar-refractivity contribution in [1.29, 1.82) is 0 Å². The van der Waals surface area contributed by atoms with Gasteiger partial charge in [-0.2, -0.15) is 0 Å². The Kier molecular flexibility index (Phi) is 15.6. The van der Waals surface area contributed by atoms with Crippen LogP contribution in [0.15, 0.2) is 121 Å². The first kappa shape index (κ1) is 42.1. The number of nitrogens with one attached hydrogen (secondary N) is 1. The first-order valence-corrected chi connectivity index (χ1v) is 18.8. The third kappa shape index (κ3) is 11.8. The summed E-state index contributed by atoms with van der Waals surface area (Å²) >= 11 is 0. The molecule has 0 aliphatic rings. The Morgan fingerprint density at radius 1 is 0.696 bits per heavy atom. The van der Waals surface area contributed by atoms with E-state index in [1.54, 1.807) is 36.1 Å². The number of aliphatic hydroxyl groups is 5. The zero-order chi connectivity index (χ0) is 40.0. The molecule has 0 spiro atoms. The van der Waals surface area contributed by atoms with E-state index in [1.165, 1.54) is 24.3 Å². The van der Waals surface area contributed by atoms with Gasteiger partial charge in [-0.1, -0.05) is 79.7 Å². The molecule has 56 heavy (non-hydrogen) atoms. The highest BCUT2D eigenvalue weighted by Crippen LogP contribution is 2.33. The van der Waals surface area contributed by atoms with Crippen molar-refractivity contribution < 1.29 is 43.8 Å². The molecule has 0 aliphatic carbocycles. The second-order valence-electron chi connectivity index (χ2n) is 14.1. The van der Waals surface area contributed by atoms with E-state index in [4.69, 9.17) is 4.74 Å². The standard InChI is InChI=1S/C45H50F2N2O7/c1-30(27-50)44(54)45(55)43(53)26-48-25-31-5-9-33(10-6-31)34-11-7-32(8-12-34)28-56-40-23-15-35(16-24-40)41(49(29-51)39-21-19-38(47)20-22-39)3-2-4-42(52)36-13-17-37(46)18-14-36/h5-24,29-30,41-45,48,50,52-55H,2-4,25-28H2,1H3. The molecule has 5 rings (SSSR count). The quantitative estimate of drug-likeness (QED) is 0.0458. The molecule has 5 aromatic carbocycles. The van der Waals surface area contributed by atoms with Crippen molar-refractivity contribution in [2.45, 2.75) is 69.8 Å². The van der Waals surface area contributed by atoms with Gasteiger partial charge in [-0.3, -0.25) is 4.79 Å². The molecular weight excluding hydrogens is 718 g/mol. The van der Waals surface area contributed by atoms with Gasteiger partial charge >= 0.3 is 0 Å². The molecule has 0 bridgehead atoms. The van der Waals surface area contributed by atoms with Crippen LogP contribution in [-0.2, 0) is 17.9 Å². The number of ether oxygens (including phenoxy) is 1. The summed E-state index contributed by atoms with van der Waals surface area (Å²) in [4.78, 5) is 14.0. The summed E-state index contributed by atoms with van der Waals surface area (Å²) in [7, 11) is 0. The monoisotopic (exact) mass is 768 g/mol. The lowest BCUT2D eigenvalue weighted by molar-refractivity contribution is -0.108. The summed E-state index contributed by atoms with van der Waals surface area (Å²) in [6.45, 7) is 2.18. The predicted octanol–water partition coefficient (Wildman–Crippen LogP) is 6.62. The summed E-state index contributed by atoms with van der Waals surface area (Å²) in [5, 5.41) is 53.3. The van der Waals surface area contributed by atoms with E-state index < -0.39 is 42.2 Å². The molecule has 11 heteroatoms. The van der Waals surface area contributed by atoms with Gasteiger partial charge in [0, 0.05) is 31.3 Å². The fourth-order valence-corrected chi connectivity index (χ4v) is 6.47. The number of amides is 1. The summed E-state index contributed by atoms with van der Waals surface area (Å²) in [5.74, 6) is -0.688. The van der Waals surface area contributed by atoms with Crippen LogP contribution >= 0.6 is 0 Å². The number of aliphatic hydroxyl groups excluding tert-OH is 5. The molecule has 0 aliphatic heterocycles. The Morgan fingerprint density at radius 3 is 1.82 bits per heavy atom. The van der Waals surface area contributed by atoms with Crippen LogP contribution < -0.4 is 15.0 Å². The first-order valence-electron chi connectivity index (χ1n) is 18.8. The van der Waals surface area contributed by atoms with Crippen LogP contribution in [0.2, 0.25) is 0 Å². The maximum absolute atomic E-state index is 13.7. The highest BCUT2D eigenvalue weighted by Gasteiger charge is 2.28. The van der Waals surface area contributed by atoms with Gasteiger partial charge in [0.25, 0.3) is 0 Å². The SMILES string of the molecule is CC(CO)C(O)C(O)C(O)CNCc1ccc(-c2ccc(COc3ccc(C(CCCC(O)c4ccc(F)cc4)N(C=O)c4ccc(F)cc4)cc3)cc2)cc1. The molecule has 6 atom stereocenters. The number of halogens is 2. The summed E-state index contributed by atoms with van der Waals surface area (Å²) in [5.41, 5.74) is 6.01. The molecular formula is C45H50F2N2O7. The van der Waals surface area contributed by atoms with E-state index in [-0.39, 0.29) is 19.0 Å². The van der Waals surface area contributed by atoms with Gasteiger partial charge in [-0.25, -0.2) is 8.78 Å². The Hall–Kier alpha value is -5.01. The minimum absolute atomic E-state index is 0.0788. The number of hydrogen-bond donors (Lipinski definition) is 6.